The lowest BCUT2D eigenvalue weighted by Crippen LogP contribution is -2.32. The lowest BCUT2D eigenvalue weighted by atomic mass is 10.1. The highest BCUT2D eigenvalue weighted by atomic mass is 16.5. The summed E-state index contributed by atoms with van der Waals surface area (Å²) in [7, 11) is 0. The largest absolute Gasteiger partial charge is 0.494 e. The molecule has 4 rings (SSSR count). The standard InChI is InChI=1S/C27H24N2O6/c1-3-34-21-12-10-20(11-13-21)28-24(30)16-35-27(33)19-9-14-22-23(15-19)26(32)29(25(22)31)17(2)18-7-5-4-6-8-18/h4-15,17H,3,16H2,1-2H3,(H,28,30)/t17-/m1/s1. The minimum atomic E-state index is -0.774. The molecule has 0 spiro atoms. The predicted molar refractivity (Wildman–Crippen MR) is 128 cm³/mol. The van der Waals surface area contributed by atoms with E-state index in [9.17, 15) is 19.2 Å². The van der Waals surface area contributed by atoms with Gasteiger partial charge in [0, 0.05) is 5.69 Å². The molecule has 35 heavy (non-hydrogen) atoms. The Hall–Kier alpha value is -4.46. The van der Waals surface area contributed by atoms with Gasteiger partial charge >= 0.3 is 5.97 Å². The van der Waals surface area contributed by atoms with Crippen LogP contribution in [-0.2, 0) is 9.53 Å². The van der Waals surface area contributed by atoms with Crippen LogP contribution in [0.3, 0.4) is 0 Å². The number of fused-ring (bicyclic) bond motifs is 1. The number of ether oxygens (including phenoxy) is 2. The third-order valence-electron chi connectivity index (χ3n) is 5.61. The predicted octanol–water partition coefficient (Wildman–Crippen LogP) is 4.24. The fraction of sp³-hybridized carbons (Fsp3) is 0.185. The van der Waals surface area contributed by atoms with E-state index in [0.29, 0.717) is 18.0 Å². The summed E-state index contributed by atoms with van der Waals surface area (Å²) in [5.41, 5.74) is 1.78. The maximum atomic E-state index is 13.0. The van der Waals surface area contributed by atoms with E-state index in [4.69, 9.17) is 9.47 Å². The Morgan fingerprint density at radius 3 is 2.29 bits per heavy atom. The van der Waals surface area contributed by atoms with Crippen molar-refractivity contribution in [2.24, 2.45) is 0 Å². The number of nitrogens with zero attached hydrogens (tertiary/aromatic N) is 1. The van der Waals surface area contributed by atoms with Gasteiger partial charge in [-0.05, 0) is 61.9 Å². The SMILES string of the molecule is CCOc1ccc(NC(=O)COC(=O)c2ccc3c(c2)C(=O)N([C@H](C)c2ccccc2)C3=O)cc1. The molecule has 1 aliphatic rings. The first kappa shape index (κ1) is 23.7. The molecule has 178 valence electrons. The number of nitrogens with one attached hydrogen (secondary N) is 1. The number of hydrogen-bond acceptors (Lipinski definition) is 6. The van der Waals surface area contributed by atoms with Gasteiger partial charge in [0.15, 0.2) is 6.61 Å². The number of carbonyl (C=O) groups is 4. The summed E-state index contributed by atoms with van der Waals surface area (Å²) < 4.78 is 10.5. The summed E-state index contributed by atoms with van der Waals surface area (Å²) in [6, 6.07) is 19.7. The first-order chi connectivity index (χ1) is 16.9. The maximum absolute atomic E-state index is 13.0. The second kappa shape index (κ2) is 10.2. The third-order valence-corrected chi connectivity index (χ3v) is 5.61. The molecule has 3 aromatic carbocycles. The van der Waals surface area contributed by atoms with Crippen molar-refractivity contribution >= 4 is 29.4 Å². The summed E-state index contributed by atoms with van der Waals surface area (Å²) in [4.78, 5) is 51.8. The number of rotatable bonds is 8. The van der Waals surface area contributed by atoms with Crippen molar-refractivity contribution in [2.75, 3.05) is 18.5 Å². The van der Waals surface area contributed by atoms with Crippen LogP contribution in [-0.4, -0.2) is 41.8 Å². The first-order valence-corrected chi connectivity index (χ1v) is 11.2. The topological polar surface area (TPSA) is 102 Å². The quantitative estimate of drug-likeness (QED) is 0.389. The molecule has 0 saturated heterocycles. The van der Waals surface area contributed by atoms with Crippen LogP contribution in [0, 0.1) is 0 Å². The summed E-state index contributed by atoms with van der Waals surface area (Å²) in [6.07, 6.45) is 0. The van der Waals surface area contributed by atoms with Crippen LogP contribution in [0.4, 0.5) is 5.69 Å². The Balaban J connectivity index is 1.39. The second-order valence-corrected chi connectivity index (χ2v) is 7.91. The normalized spacial score (nSPS) is 13.3. The van der Waals surface area contributed by atoms with Gasteiger partial charge in [-0.3, -0.25) is 19.3 Å². The average molecular weight is 472 g/mol. The Kier molecular flexibility index (Phi) is 6.91. The molecule has 0 unspecified atom stereocenters. The van der Waals surface area contributed by atoms with Crippen LogP contribution in [0.5, 0.6) is 5.75 Å². The molecule has 8 heteroatoms. The molecule has 0 saturated carbocycles. The third kappa shape index (κ3) is 5.06. The van der Waals surface area contributed by atoms with E-state index in [0.717, 1.165) is 5.56 Å². The van der Waals surface area contributed by atoms with Crippen molar-refractivity contribution in [3.05, 3.63) is 95.1 Å². The van der Waals surface area contributed by atoms with Crippen molar-refractivity contribution in [3.63, 3.8) is 0 Å². The van der Waals surface area contributed by atoms with Crippen LogP contribution in [0.25, 0.3) is 0 Å². The smallest absolute Gasteiger partial charge is 0.338 e. The molecule has 0 aliphatic carbocycles. The molecular formula is C27H24N2O6. The highest BCUT2D eigenvalue weighted by Gasteiger charge is 2.39. The van der Waals surface area contributed by atoms with Gasteiger partial charge in [0.1, 0.15) is 5.75 Å². The van der Waals surface area contributed by atoms with Gasteiger partial charge in [0.25, 0.3) is 17.7 Å². The van der Waals surface area contributed by atoms with Gasteiger partial charge in [-0.2, -0.15) is 0 Å². The Bertz CT molecular complexity index is 1270. The molecular weight excluding hydrogens is 448 g/mol. The number of amides is 3. The molecule has 0 aromatic heterocycles. The molecule has 1 atom stereocenters. The van der Waals surface area contributed by atoms with Crippen molar-refractivity contribution < 1.29 is 28.7 Å². The monoisotopic (exact) mass is 472 g/mol. The highest BCUT2D eigenvalue weighted by molar-refractivity contribution is 6.22. The number of carbonyl (C=O) groups excluding carboxylic acids is 4. The van der Waals surface area contributed by atoms with E-state index in [1.54, 1.807) is 31.2 Å². The van der Waals surface area contributed by atoms with E-state index in [1.165, 1.54) is 23.1 Å². The van der Waals surface area contributed by atoms with Crippen LogP contribution in [0.1, 0.15) is 56.5 Å². The Morgan fingerprint density at radius 2 is 1.60 bits per heavy atom. The molecule has 8 nitrogen and oxygen atoms in total. The van der Waals surface area contributed by atoms with E-state index in [-0.39, 0.29) is 16.7 Å². The minimum absolute atomic E-state index is 0.0768. The van der Waals surface area contributed by atoms with E-state index >= 15 is 0 Å². The zero-order valence-electron chi connectivity index (χ0n) is 19.3. The van der Waals surface area contributed by atoms with Crippen LogP contribution in [0.15, 0.2) is 72.8 Å². The van der Waals surface area contributed by atoms with Gasteiger partial charge in [-0.25, -0.2) is 4.79 Å². The molecule has 3 amide bonds. The van der Waals surface area contributed by atoms with Gasteiger partial charge in [-0.1, -0.05) is 30.3 Å². The van der Waals surface area contributed by atoms with Crippen LogP contribution < -0.4 is 10.1 Å². The molecule has 0 radical (unpaired) electrons. The zero-order valence-corrected chi connectivity index (χ0v) is 19.3. The fourth-order valence-electron chi connectivity index (χ4n) is 3.83. The summed E-state index contributed by atoms with van der Waals surface area (Å²) >= 11 is 0. The number of anilines is 1. The molecule has 3 aromatic rings. The fourth-order valence-corrected chi connectivity index (χ4v) is 3.83. The lowest BCUT2D eigenvalue weighted by Gasteiger charge is -2.22. The van der Waals surface area contributed by atoms with Crippen molar-refractivity contribution in [2.45, 2.75) is 19.9 Å². The summed E-state index contributed by atoms with van der Waals surface area (Å²) in [5.74, 6) is -1.51. The number of benzene rings is 3. The van der Waals surface area contributed by atoms with E-state index in [2.05, 4.69) is 5.32 Å². The maximum Gasteiger partial charge on any atom is 0.338 e. The second-order valence-electron chi connectivity index (χ2n) is 7.91. The molecule has 0 bridgehead atoms. The Labute approximate surface area is 202 Å². The van der Waals surface area contributed by atoms with Gasteiger partial charge in [-0.15, -0.1) is 0 Å². The van der Waals surface area contributed by atoms with E-state index < -0.39 is 36.3 Å². The lowest BCUT2D eigenvalue weighted by molar-refractivity contribution is -0.119. The van der Waals surface area contributed by atoms with E-state index in [1.807, 2.05) is 37.3 Å². The average Bonchev–Trinajstić information content (AvgIpc) is 3.13. The van der Waals surface area contributed by atoms with Crippen LogP contribution in [0.2, 0.25) is 0 Å². The summed E-state index contributed by atoms with van der Waals surface area (Å²) in [5, 5.41) is 2.63. The number of hydrogen-bond donors (Lipinski definition) is 1. The van der Waals surface area contributed by atoms with Gasteiger partial charge in [0.05, 0.1) is 29.3 Å². The van der Waals surface area contributed by atoms with Gasteiger partial charge < -0.3 is 14.8 Å². The molecule has 0 fully saturated rings. The first-order valence-electron chi connectivity index (χ1n) is 11.2. The van der Waals surface area contributed by atoms with Crippen LogP contribution >= 0.6 is 0 Å². The minimum Gasteiger partial charge on any atom is -0.494 e. The van der Waals surface area contributed by atoms with Crippen molar-refractivity contribution in [1.29, 1.82) is 0 Å². The highest BCUT2D eigenvalue weighted by Crippen LogP contribution is 2.31. The van der Waals surface area contributed by atoms with Crippen molar-refractivity contribution in [1.82, 2.24) is 4.90 Å². The Morgan fingerprint density at radius 1 is 0.914 bits per heavy atom. The van der Waals surface area contributed by atoms with Crippen molar-refractivity contribution in [3.8, 4) is 5.75 Å². The summed E-state index contributed by atoms with van der Waals surface area (Å²) in [6.45, 7) is 3.68. The molecule has 1 aliphatic heterocycles. The number of esters is 1. The zero-order chi connectivity index (χ0) is 24.9. The molecule has 1 heterocycles. The van der Waals surface area contributed by atoms with Gasteiger partial charge in [0.2, 0.25) is 0 Å². The number of imide groups is 1. The molecule has 1 N–H and O–H groups in total.